The van der Waals surface area contributed by atoms with E-state index in [0.29, 0.717) is 24.1 Å². The van der Waals surface area contributed by atoms with Crippen LogP contribution in [0.3, 0.4) is 0 Å². The van der Waals surface area contributed by atoms with E-state index in [9.17, 15) is 5.11 Å². The Morgan fingerprint density at radius 2 is 2.00 bits per heavy atom. The maximum atomic E-state index is 9.51. The number of benzene rings is 1. The van der Waals surface area contributed by atoms with E-state index >= 15 is 0 Å². The van der Waals surface area contributed by atoms with Crippen molar-refractivity contribution in [2.24, 2.45) is 11.8 Å². The van der Waals surface area contributed by atoms with E-state index in [1.165, 1.54) is 19.3 Å². The zero-order valence-corrected chi connectivity index (χ0v) is 12.3. The van der Waals surface area contributed by atoms with Gasteiger partial charge in [0.1, 0.15) is 0 Å². The molecule has 4 nitrogen and oxygen atoms in total. The molecule has 0 aliphatic heterocycles. The van der Waals surface area contributed by atoms with Crippen LogP contribution in [0.2, 0.25) is 0 Å². The van der Waals surface area contributed by atoms with Gasteiger partial charge in [0, 0.05) is 30.4 Å². The summed E-state index contributed by atoms with van der Waals surface area (Å²) in [5.74, 6) is 0.984. The molecule has 0 bridgehead atoms. The number of nitrogens with two attached hydrogens (primary N) is 1. The summed E-state index contributed by atoms with van der Waals surface area (Å²) in [5.41, 5.74) is 8.62. The molecule has 1 aliphatic rings. The first-order chi connectivity index (χ1) is 10.3. The van der Waals surface area contributed by atoms with Gasteiger partial charge in [0.15, 0.2) is 0 Å². The Balaban J connectivity index is 1.77. The molecule has 4 heteroatoms. The van der Waals surface area contributed by atoms with Crippen LogP contribution >= 0.6 is 0 Å². The highest BCUT2D eigenvalue weighted by Gasteiger charge is 2.24. The average Bonchev–Trinajstić information content (AvgIpc) is 2.55. The van der Waals surface area contributed by atoms with Crippen molar-refractivity contribution in [1.82, 2.24) is 4.98 Å². The molecule has 112 valence electrons. The number of aromatic nitrogens is 1. The standard InChI is InChI=1S/C17H23N3O/c18-15-7-8-16(14-6-3-9-19-17(14)15)20-10-12-4-1-2-5-13(12)11-21/h3,6-9,12-13,20-21H,1-2,4-5,10-11,18H2. The second kappa shape index (κ2) is 6.31. The number of fused-ring (bicyclic) bond motifs is 1. The van der Waals surface area contributed by atoms with Crippen molar-refractivity contribution in [1.29, 1.82) is 0 Å². The molecular weight excluding hydrogens is 262 g/mol. The summed E-state index contributed by atoms with van der Waals surface area (Å²) in [6.45, 7) is 1.20. The van der Waals surface area contributed by atoms with Crippen LogP contribution in [0.4, 0.5) is 11.4 Å². The molecule has 2 aromatic rings. The highest BCUT2D eigenvalue weighted by Crippen LogP contribution is 2.31. The summed E-state index contributed by atoms with van der Waals surface area (Å²) < 4.78 is 0. The normalized spacial score (nSPS) is 22.3. The summed E-state index contributed by atoms with van der Waals surface area (Å²) in [4.78, 5) is 4.36. The van der Waals surface area contributed by atoms with Gasteiger partial charge >= 0.3 is 0 Å². The van der Waals surface area contributed by atoms with Crippen molar-refractivity contribution in [3.05, 3.63) is 30.5 Å². The Morgan fingerprint density at radius 1 is 1.19 bits per heavy atom. The van der Waals surface area contributed by atoms with E-state index in [4.69, 9.17) is 5.73 Å². The highest BCUT2D eigenvalue weighted by molar-refractivity contribution is 5.98. The van der Waals surface area contributed by atoms with E-state index in [1.54, 1.807) is 6.20 Å². The topological polar surface area (TPSA) is 71.2 Å². The Morgan fingerprint density at radius 3 is 2.81 bits per heavy atom. The Kier molecular flexibility index (Phi) is 4.25. The van der Waals surface area contributed by atoms with Gasteiger partial charge in [-0.25, -0.2) is 0 Å². The van der Waals surface area contributed by atoms with Gasteiger partial charge in [-0.15, -0.1) is 0 Å². The van der Waals surface area contributed by atoms with Gasteiger partial charge in [-0.05, 0) is 48.9 Å². The fourth-order valence-electron chi connectivity index (χ4n) is 3.38. The van der Waals surface area contributed by atoms with Crippen molar-refractivity contribution in [2.75, 3.05) is 24.2 Å². The number of aliphatic hydroxyl groups excluding tert-OH is 1. The molecule has 4 N–H and O–H groups in total. The number of pyridine rings is 1. The molecule has 0 saturated heterocycles. The molecule has 1 aromatic carbocycles. The third kappa shape index (κ3) is 2.95. The smallest absolute Gasteiger partial charge is 0.0951 e. The largest absolute Gasteiger partial charge is 0.397 e. The maximum absolute atomic E-state index is 9.51. The third-order valence-electron chi connectivity index (χ3n) is 4.66. The molecule has 1 fully saturated rings. The molecule has 0 radical (unpaired) electrons. The van der Waals surface area contributed by atoms with Crippen LogP contribution in [-0.2, 0) is 0 Å². The molecule has 3 rings (SSSR count). The molecular formula is C17H23N3O. The van der Waals surface area contributed by atoms with E-state index in [1.807, 2.05) is 24.3 Å². The van der Waals surface area contributed by atoms with Crippen molar-refractivity contribution in [2.45, 2.75) is 25.7 Å². The minimum atomic E-state index is 0.302. The number of anilines is 2. The van der Waals surface area contributed by atoms with Gasteiger partial charge in [-0.1, -0.05) is 12.8 Å². The number of hydrogen-bond acceptors (Lipinski definition) is 4. The van der Waals surface area contributed by atoms with Crippen LogP contribution in [0.25, 0.3) is 10.9 Å². The first-order valence-electron chi connectivity index (χ1n) is 7.77. The van der Waals surface area contributed by atoms with Gasteiger partial charge in [-0.3, -0.25) is 4.98 Å². The second-order valence-electron chi connectivity index (χ2n) is 5.97. The minimum Gasteiger partial charge on any atom is -0.397 e. The van der Waals surface area contributed by atoms with E-state index < -0.39 is 0 Å². The monoisotopic (exact) mass is 285 g/mol. The molecule has 1 aromatic heterocycles. The molecule has 1 saturated carbocycles. The molecule has 1 heterocycles. The minimum absolute atomic E-state index is 0.302. The van der Waals surface area contributed by atoms with Crippen LogP contribution in [0.1, 0.15) is 25.7 Å². The Labute approximate surface area is 125 Å². The molecule has 21 heavy (non-hydrogen) atoms. The predicted octanol–water partition coefficient (Wildman–Crippen LogP) is 3.03. The second-order valence-corrected chi connectivity index (χ2v) is 5.97. The Hall–Kier alpha value is -1.81. The number of nitrogens with one attached hydrogen (secondary N) is 1. The number of hydrogen-bond donors (Lipinski definition) is 3. The fourth-order valence-corrected chi connectivity index (χ4v) is 3.38. The molecule has 0 amide bonds. The van der Waals surface area contributed by atoms with Gasteiger partial charge in [-0.2, -0.15) is 0 Å². The lowest BCUT2D eigenvalue weighted by Crippen LogP contribution is -2.28. The van der Waals surface area contributed by atoms with Crippen molar-refractivity contribution in [3.8, 4) is 0 Å². The highest BCUT2D eigenvalue weighted by atomic mass is 16.3. The zero-order chi connectivity index (χ0) is 14.7. The summed E-state index contributed by atoms with van der Waals surface area (Å²) in [6, 6.07) is 7.91. The zero-order valence-electron chi connectivity index (χ0n) is 12.3. The van der Waals surface area contributed by atoms with Gasteiger partial charge in [0.25, 0.3) is 0 Å². The number of nitrogen functional groups attached to an aromatic ring is 1. The summed E-state index contributed by atoms with van der Waals surface area (Å²) in [5, 5.41) is 14.1. The quantitative estimate of drug-likeness (QED) is 0.755. The maximum Gasteiger partial charge on any atom is 0.0951 e. The fraction of sp³-hybridized carbons (Fsp3) is 0.471. The molecule has 2 atom stereocenters. The predicted molar refractivity (Wildman–Crippen MR) is 87.2 cm³/mol. The number of nitrogens with zero attached hydrogens (tertiary/aromatic N) is 1. The SMILES string of the molecule is Nc1ccc(NCC2CCCCC2CO)c2cccnc12. The van der Waals surface area contributed by atoms with Gasteiger partial charge < -0.3 is 16.2 Å². The summed E-state index contributed by atoms with van der Waals surface area (Å²) in [7, 11) is 0. The van der Waals surface area contributed by atoms with Crippen molar-refractivity contribution in [3.63, 3.8) is 0 Å². The molecule has 1 aliphatic carbocycles. The van der Waals surface area contributed by atoms with Crippen LogP contribution in [0.15, 0.2) is 30.5 Å². The molecule has 2 unspecified atom stereocenters. The lowest BCUT2D eigenvalue weighted by atomic mass is 9.79. The van der Waals surface area contributed by atoms with Gasteiger partial charge in [0.2, 0.25) is 0 Å². The van der Waals surface area contributed by atoms with Crippen LogP contribution in [0, 0.1) is 11.8 Å². The van der Waals surface area contributed by atoms with E-state index in [2.05, 4.69) is 10.3 Å². The molecule has 0 spiro atoms. The summed E-state index contributed by atoms with van der Waals surface area (Å²) in [6.07, 6.45) is 6.63. The van der Waals surface area contributed by atoms with Gasteiger partial charge in [0.05, 0.1) is 11.2 Å². The number of aliphatic hydroxyl groups is 1. The van der Waals surface area contributed by atoms with Crippen LogP contribution in [0.5, 0.6) is 0 Å². The lowest BCUT2D eigenvalue weighted by Gasteiger charge is -2.30. The lowest BCUT2D eigenvalue weighted by molar-refractivity contribution is 0.141. The average molecular weight is 285 g/mol. The summed E-state index contributed by atoms with van der Waals surface area (Å²) >= 11 is 0. The number of rotatable bonds is 4. The van der Waals surface area contributed by atoms with Crippen molar-refractivity contribution < 1.29 is 5.11 Å². The van der Waals surface area contributed by atoms with Crippen molar-refractivity contribution >= 4 is 22.3 Å². The first kappa shape index (κ1) is 14.1. The first-order valence-corrected chi connectivity index (χ1v) is 7.77. The van der Waals surface area contributed by atoms with E-state index in [-0.39, 0.29) is 0 Å². The van der Waals surface area contributed by atoms with Crippen LogP contribution in [-0.4, -0.2) is 23.2 Å². The van der Waals surface area contributed by atoms with E-state index in [0.717, 1.165) is 29.6 Å². The Bertz CT molecular complexity index is 614. The van der Waals surface area contributed by atoms with Crippen LogP contribution < -0.4 is 11.1 Å². The third-order valence-corrected chi connectivity index (χ3v) is 4.66.